The topological polar surface area (TPSA) is 36.7 Å². The Morgan fingerprint density at radius 1 is 1.57 bits per heavy atom. The van der Waals surface area contributed by atoms with Crippen molar-refractivity contribution < 1.29 is 0 Å². The highest BCUT2D eigenvalue weighted by molar-refractivity contribution is 7.11. The Kier molecular flexibility index (Phi) is 2.32. The molecular weight excluding hydrogens is 192 g/mol. The van der Waals surface area contributed by atoms with Crippen LogP contribution in [0.3, 0.4) is 0 Å². The van der Waals surface area contributed by atoms with Crippen molar-refractivity contribution in [1.29, 1.82) is 5.26 Å². The summed E-state index contributed by atoms with van der Waals surface area (Å²) >= 11 is 1.71. The van der Waals surface area contributed by atoms with Gasteiger partial charge in [0.15, 0.2) is 0 Å². The van der Waals surface area contributed by atoms with Crippen molar-refractivity contribution in [3.63, 3.8) is 0 Å². The molecule has 1 aliphatic rings. The number of aromatic nitrogens is 1. The zero-order valence-electron chi connectivity index (χ0n) is 8.63. The van der Waals surface area contributed by atoms with E-state index >= 15 is 0 Å². The maximum Gasteiger partial charge on any atom is 0.113 e. The van der Waals surface area contributed by atoms with E-state index in [-0.39, 0.29) is 5.41 Å². The molecule has 0 bridgehead atoms. The Morgan fingerprint density at radius 2 is 2.29 bits per heavy atom. The monoisotopic (exact) mass is 206 g/mol. The van der Waals surface area contributed by atoms with E-state index in [9.17, 15) is 5.26 Å². The lowest BCUT2D eigenvalue weighted by atomic mass is 9.70. The van der Waals surface area contributed by atoms with Gasteiger partial charge < -0.3 is 0 Å². The predicted molar refractivity (Wildman–Crippen MR) is 57.4 cm³/mol. The Hall–Kier alpha value is -0.880. The van der Waals surface area contributed by atoms with E-state index in [1.165, 1.54) is 17.0 Å². The van der Waals surface area contributed by atoms with Gasteiger partial charge in [-0.2, -0.15) is 5.26 Å². The molecule has 0 amide bonds. The number of hydrogen-bond acceptors (Lipinski definition) is 3. The molecule has 2 nitrogen and oxygen atoms in total. The summed E-state index contributed by atoms with van der Waals surface area (Å²) in [6, 6.07) is 2.44. The van der Waals surface area contributed by atoms with E-state index in [1.54, 1.807) is 11.3 Å². The van der Waals surface area contributed by atoms with Crippen LogP contribution in [0.2, 0.25) is 0 Å². The van der Waals surface area contributed by atoms with Crippen molar-refractivity contribution >= 4 is 11.3 Å². The van der Waals surface area contributed by atoms with Gasteiger partial charge in [0.05, 0.1) is 11.8 Å². The van der Waals surface area contributed by atoms with Gasteiger partial charge in [-0.15, -0.1) is 11.3 Å². The Labute approximate surface area is 88.6 Å². The van der Waals surface area contributed by atoms with Crippen LogP contribution < -0.4 is 0 Å². The fraction of sp³-hybridized carbons (Fsp3) is 0.636. The highest BCUT2D eigenvalue weighted by Crippen LogP contribution is 2.45. The number of thiazole rings is 1. The van der Waals surface area contributed by atoms with Gasteiger partial charge in [0.1, 0.15) is 10.4 Å². The molecule has 3 heteroatoms. The first-order valence-electron chi connectivity index (χ1n) is 5.10. The van der Waals surface area contributed by atoms with E-state index in [1.807, 2.05) is 0 Å². The summed E-state index contributed by atoms with van der Waals surface area (Å²) in [6.45, 7) is 4.22. The van der Waals surface area contributed by atoms with Crippen LogP contribution >= 0.6 is 11.3 Å². The molecule has 0 unspecified atom stereocenters. The van der Waals surface area contributed by atoms with Crippen LogP contribution in [-0.4, -0.2) is 4.98 Å². The molecule has 74 valence electrons. The van der Waals surface area contributed by atoms with Gasteiger partial charge >= 0.3 is 0 Å². The summed E-state index contributed by atoms with van der Waals surface area (Å²) in [7, 11) is 0. The number of nitrogens with zero attached hydrogens (tertiary/aromatic N) is 2. The third-order valence-corrected chi connectivity index (χ3v) is 4.28. The van der Waals surface area contributed by atoms with E-state index in [4.69, 9.17) is 0 Å². The molecular formula is C11H14N2S. The standard InChI is InChI=1S/C11H14N2S/c1-3-9-8(2)14-10(13-9)11(7-12)5-4-6-11/h3-6H2,1-2H3. The van der Waals surface area contributed by atoms with Gasteiger partial charge in [-0.1, -0.05) is 6.92 Å². The van der Waals surface area contributed by atoms with Gasteiger partial charge in [0.25, 0.3) is 0 Å². The molecule has 0 saturated heterocycles. The van der Waals surface area contributed by atoms with Crippen molar-refractivity contribution in [1.82, 2.24) is 4.98 Å². The first kappa shape index (κ1) is 9.67. The van der Waals surface area contributed by atoms with E-state index in [2.05, 4.69) is 24.9 Å². The first-order valence-corrected chi connectivity index (χ1v) is 5.91. The van der Waals surface area contributed by atoms with Crippen LogP contribution in [0, 0.1) is 18.3 Å². The number of nitriles is 1. The molecule has 2 rings (SSSR count). The molecule has 0 N–H and O–H groups in total. The lowest BCUT2D eigenvalue weighted by molar-refractivity contribution is 0.322. The molecule has 0 radical (unpaired) electrons. The second-order valence-electron chi connectivity index (χ2n) is 3.92. The van der Waals surface area contributed by atoms with Crippen molar-refractivity contribution in [2.45, 2.75) is 44.9 Å². The van der Waals surface area contributed by atoms with E-state index in [0.29, 0.717) is 0 Å². The third-order valence-electron chi connectivity index (χ3n) is 3.06. The molecule has 1 aromatic rings. The first-order chi connectivity index (χ1) is 6.72. The summed E-state index contributed by atoms with van der Waals surface area (Å²) in [5.41, 5.74) is 0.953. The zero-order valence-corrected chi connectivity index (χ0v) is 9.45. The second-order valence-corrected chi connectivity index (χ2v) is 5.13. The van der Waals surface area contributed by atoms with Crippen LogP contribution in [0.1, 0.15) is 41.8 Å². The smallest absolute Gasteiger partial charge is 0.113 e. The van der Waals surface area contributed by atoms with Crippen LogP contribution in [0.5, 0.6) is 0 Å². The minimum absolute atomic E-state index is 0.219. The van der Waals surface area contributed by atoms with Crippen molar-refractivity contribution in [3.05, 3.63) is 15.6 Å². The van der Waals surface area contributed by atoms with Gasteiger partial charge in [-0.3, -0.25) is 0 Å². The largest absolute Gasteiger partial charge is 0.244 e. The molecule has 14 heavy (non-hydrogen) atoms. The Bertz CT molecular complexity index is 382. The average molecular weight is 206 g/mol. The normalized spacial score (nSPS) is 18.6. The zero-order chi connectivity index (χ0) is 10.2. The summed E-state index contributed by atoms with van der Waals surface area (Å²) in [6.07, 6.45) is 4.15. The summed E-state index contributed by atoms with van der Waals surface area (Å²) in [5.74, 6) is 0. The number of aryl methyl sites for hydroxylation is 2. The quantitative estimate of drug-likeness (QED) is 0.746. The van der Waals surface area contributed by atoms with Gasteiger partial charge in [0.2, 0.25) is 0 Å². The molecule has 1 fully saturated rings. The van der Waals surface area contributed by atoms with Gasteiger partial charge in [-0.05, 0) is 32.6 Å². The van der Waals surface area contributed by atoms with Crippen LogP contribution in [0.25, 0.3) is 0 Å². The number of rotatable bonds is 2. The predicted octanol–water partition coefficient (Wildman–Crippen LogP) is 2.96. The van der Waals surface area contributed by atoms with Crippen molar-refractivity contribution in [3.8, 4) is 6.07 Å². The second kappa shape index (κ2) is 3.36. The van der Waals surface area contributed by atoms with E-state index < -0.39 is 0 Å². The minimum Gasteiger partial charge on any atom is -0.244 e. The lowest BCUT2D eigenvalue weighted by Gasteiger charge is -2.32. The van der Waals surface area contributed by atoms with Gasteiger partial charge in [-0.25, -0.2) is 4.98 Å². The van der Waals surface area contributed by atoms with Crippen molar-refractivity contribution in [2.75, 3.05) is 0 Å². The minimum atomic E-state index is -0.219. The number of hydrogen-bond donors (Lipinski definition) is 0. The fourth-order valence-electron chi connectivity index (χ4n) is 1.86. The summed E-state index contributed by atoms with van der Waals surface area (Å²) in [4.78, 5) is 5.87. The lowest BCUT2D eigenvalue weighted by Crippen LogP contribution is -2.32. The molecule has 0 spiro atoms. The molecule has 0 aromatic carbocycles. The maximum atomic E-state index is 9.18. The third kappa shape index (κ3) is 1.26. The van der Waals surface area contributed by atoms with Crippen LogP contribution in [-0.2, 0) is 11.8 Å². The molecule has 0 atom stereocenters. The van der Waals surface area contributed by atoms with Crippen molar-refractivity contribution in [2.24, 2.45) is 0 Å². The highest BCUT2D eigenvalue weighted by Gasteiger charge is 2.41. The molecule has 1 heterocycles. The SMILES string of the molecule is CCc1nc(C2(C#N)CCC2)sc1C. The highest BCUT2D eigenvalue weighted by atomic mass is 32.1. The Balaban J connectivity index is 2.37. The van der Waals surface area contributed by atoms with E-state index in [0.717, 1.165) is 24.3 Å². The Morgan fingerprint density at radius 3 is 2.64 bits per heavy atom. The van der Waals surface area contributed by atoms with Crippen LogP contribution in [0.4, 0.5) is 0 Å². The molecule has 0 aliphatic heterocycles. The molecule has 1 saturated carbocycles. The summed E-state index contributed by atoms with van der Waals surface area (Å²) < 4.78 is 0. The van der Waals surface area contributed by atoms with Crippen LogP contribution in [0.15, 0.2) is 0 Å². The average Bonchev–Trinajstić information content (AvgIpc) is 2.46. The molecule has 1 aromatic heterocycles. The maximum absolute atomic E-state index is 9.18. The summed E-state index contributed by atoms with van der Waals surface area (Å²) in [5, 5.41) is 10.2. The van der Waals surface area contributed by atoms with Gasteiger partial charge in [0, 0.05) is 4.88 Å². The fourth-order valence-corrected chi connectivity index (χ4v) is 3.06. The molecule has 1 aliphatic carbocycles.